The first-order chi connectivity index (χ1) is 9.35. The predicted octanol–water partition coefficient (Wildman–Crippen LogP) is 2.26. The molecule has 1 unspecified atom stereocenters. The van der Waals surface area contributed by atoms with Gasteiger partial charge in [-0.1, -0.05) is 18.5 Å². The molecular weight excluding hydrogens is 278 g/mol. The molecule has 0 aliphatic carbocycles. The monoisotopic (exact) mass is 297 g/mol. The Morgan fingerprint density at radius 2 is 2.00 bits per heavy atom. The summed E-state index contributed by atoms with van der Waals surface area (Å²) in [5, 5.41) is 5.96. The van der Waals surface area contributed by atoms with Gasteiger partial charge in [-0.2, -0.15) is 0 Å². The van der Waals surface area contributed by atoms with Crippen molar-refractivity contribution in [2.75, 3.05) is 24.3 Å². The first-order valence-corrected chi connectivity index (χ1v) is 6.77. The third-order valence-corrected chi connectivity index (χ3v) is 3.04. The third-order valence-electron chi connectivity index (χ3n) is 2.80. The molecule has 2 amide bonds. The lowest BCUT2D eigenvalue weighted by molar-refractivity contribution is -0.125. The first kappa shape index (κ1) is 16.3. The quantitative estimate of drug-likeness (QED) is 0.876. The maximum Gasteiger partial charge on any atom is 0.246 e. The number of rotatable bonds is 5. The van der Waals surface area contributed by atoms with Crippen LogP contribution in [0.5, 0.6) is 0 Å². The zero-order chi connectivity index (χ0) is 15.3. The number of benzene rings is 1. The van der Waals surface area contributed by atoms with Gasteiger partial charge in [0.2, 0.25) is 11.8 Å². The van der Waals surface area contributed by atoms with Crippen molar-refractivity contribution in [3.05, 3.63) is 23.2 Å². The van der Waals surface area contributed by atoms with Crippen LogP contribution in [0.4, 0.5) is 11.4 Å². The second-order valence-corrected chi connectivity index (χ2v) is 5.14. The second-order valence-electron chi connectivity index (χ2n) is 4.71. The molecule has 1 aromatic carbocycles. The number of carbonyl (C=O) groups is 2. The molecule has 1 atom stereocenters. The number of hydrogen-bond donors (Lipinski definition) is 2. The molecule has 2 N–H and O–H groups in total. The lowest BCUT2D eigenvalue weighted by Crippen LogP contribution is -2.42. The van der Waals surface area contributed by atoms with E-state index in [4.69, 9.17) is 11.6 Å². The van der Waals surface area contributed by atoms with Crippen molar-refractivity contribution in [2.45, 2.75) is 26.3 Å². The maximum atomic E-state index is 12.2. The number of nitrogens with zero attached hydrogens (tertiary/aromatic N) is 1. The van der Waals surface area contributed by atoms with Gasteiger partial charge in [0.1, 0.15) is 6.04 Å². The summed E-state index contributed by atoms with van der Waals surface area (Å²) in [6.45, 7) is 3.23. The largest absolute Gasteiger partial charge is 0.376 e. The fourth-order valence-electron chi connectivity index (χ4n) is 1.82. The molecule has 0 fully saturated rings. The Balaban J connectivity index is 2.94. The topological polar surface area (TPSA) is 61.4 Å². The van der Waals surface area contributed by atoms with Gasteiger partial charge in [-0.25, -0.2) is 0 Å². The van der Waals surface area contributed by atoms with Gasteiger partial charge in [0.15, 0.2) is 0 Å². The standard InChI is InChI=1S/C14H20ClN3O2/c1-5-11(16-9(2)19)14(20)17-12-8-10(15)6-7-13(12)18(3)4/h6-8,11H,5H2,1-4H3,(H,16,19)(H,17,20). The lowest BCUT2D eigenvalue weighted by atomic mass is 10.2. The van der Waals surface area contributed by atoms with Crippen molar-refractivity contribution in [1.82, 2.24) is 5.32 Å². The summed E-state index contributed by atoms with van der Waals surface area (Å²) in [5.41, 5.74) is 1.47. The summed E-state index contributed by atoms with van der Waals surface area (Å²) in [6, 6.07) is 4.73. The lowest BCUT2D eigenvalue weighted by Gasteiger charge is -2.21. The predicted molar refractivity (Wildman–Crippen MR) is 82.3 cm³/mol. The van der Waals surface area contributed by atoms with E-state index in [1.807, 2.05) is 32.0 Å². The van der Waals surface area contributed by atoms with Crippen molar-refractivity contribution in [2.24, 2.45) is 0 Å². The van der Waals surface area contributed by atoms with Crippen LogP contribution in [0.25, 0.3) is 0 Å². The molecule has 0 aliphatic heterocycles. The molecule has 1 aromatic rings. The van der Waals surface area contributed by atoms with Gasteiger partial charge >= 0.3 is 0 Å². The van der Waals surface area contributed by atoms with Gasteiger partial charge in [0.25, 0.3) is 0 Å². The normalized spacial score (nSPS) is 11.7. The molecule has 0 aromatic heterocycles. The summed E-state index contributed by atoms with van der Waals surface area (Å²) >= 11 is 5.96. The Hall–Kier alpha value is -1.75. The van der Waals surface area contributed by atoms with E-state index in [2.05, 4.69) is 10.6 Å². The zero-order valence-electron chi connectivity index (χ0n) is 12.2. The molecular formula is C14H20ClN3O2. The molecule has 6 heteroatoms. The highest BCUT2D eigenvalue weighted by atomic mass is 35.5. The number of carbonyl (C=O) groups excluding carboxylic acids is 2. The number of hydrogen-bond acceptors (Lipinski definition) is 3. The molecule has 5 nitrogen and oxygen atoms in total. The number of halogens is 1. The average molecular weight is 298 g/mol. The highest BCUT2D eigenvalue weighted by Gasteiger charge is 2.18. The highest BCUT2D eigenvalue weighted by Crippen LogP contribution is 2.27. The van der Waals surface area contributed by atoms with Crippen LogP contribution in [0.1, 0.15) is 20.3 Å². The molecule has 110 valence electrons. The molecule has 0 bridgehead atoms. The minimum absolute atomic E-state index is 0.231. The van der Waals surface area contributed by atoms with Crippen LogP contribution >= 0.6 is 11.6 Å². The van der Waals surface area contributed by atoms with E-state index >= 15 is 0 Å². The second kappa shape index (κ2) is 7.14. The van der Waals surface area contributed by atoms with Crippen LogP contribution in [-0.2, 0) is 9.59 Å². The van der Waals surface area contributed by atoms with E-state index in [9.17, 15) is 9.59 Å². The molecule has 0 saturated carbocycles. The van der Waals surface area contributed by atoms with E-state index in [0.29, 0.717) is 17.1 Å². The van der Waals surface area contributed by atoms with Gasteiger partial charge in [-0.15, -0.1) is 0 Å². The third kappa shape index (κ3) is 4.42. The fraction of sp³-hybridized carbons (Fsp3) is 0.429. The van der Waals surface area contributed by atoms with Gasteiger partial charge < -0.3 is 15.5 Å². The Bertz CT molecular complexity index is 503. The molecule has 0 saturated heterocycles. The molecule has 0 spiro atoms. The van der Waals surface area contributed by atoms with Crippen molar-refractivity contribution in [3.63, 3.8) is 0 Å². The molecule has 0 heterocycles. The summed E-state index contributed by atoms with van der Waals surface area (Å²) in [5.74, 6) is -0.487. The molecule has 1 rings (SSSR count). The van der Waals surface area contributed by atoms with Gasteiger partial charge in [-0.3, -0.25) is 9.59 Å². The summed E-state index contributed by atoms with van der Waals surface area (Å²) in [4.78, 5) is 25.1. The van der Waals surface area contributed by atoms with E-state index < -0.39 is 6.04 Å². The van der Waals surface area contributed by atoms with E-state index in [1.165, 1.54) is 6.92 Å². The Morgan fingerprint density at radius 3 is 2.50 bits per heavy atom. The van der Waals surface area contributed by atoms with Crippen molar-refractivity contribution in [3.8, 4) is 0 Å². The summed E-state index contributed by atoms with van der Waals surface area (Å²) in [6.07, 6.45) is 0.517. The van der Waals surface area contributed by atoms with Gasteiger partial charge in [-0.05, 0) is 24.6 Å². The number of amides is 2. The van der Waals surface area contributed by atoms with E-state index in [1.54, 1.807) is 12.1 Å². The average Bonchev–Trinajstić information content (AvgIpc) is 2.35. The molecule has 20 heavy (non-hydrogen) atoms. The van der Waals surface area contributed by atoms with E-state index in [0.717, 1.165) is 5.69 Å². The van der Waals surface area contributed by atoms with Crippen molar-refractivity contribution >= 4 is 34.8 Å². The molecule has 0 radical (unpaired) electrons. The minimum atomic E-state index is -0.554. The zero-order valence-corrected chi connectivity index (χ0v) is 12.9. The van der Waals surface area contributed by atoms with Crippen LogP contribution in [0.3, 0.4) is 0 Å². The van der Waals surface area contributed by atoms with E-state index in [-0.39, 0.29) is 11.8 Å². The van der Waals surface area contributed by atoms with Crippen LogP contribution in [0.15, 0.2) is 18.2 Å². The van der Waals surface area contributed by atoms with Crippen molar-refractivity contribution in [1.29, 1.82) is 0 Å². The first-order valence-electron chi connectivity index (χ1n) is 6.40. The SMILES string of the molecule is CCC(NC(C)=O)C(=O)Nc1cc(Cl)ccc1N(C)C. The number of nitrogens with one attached hydrogen (secondary N) is 2. The van der Waals surface area contributed by atoms with Gasteiger partial charge in [0, 0.05) is 26.0 Å². The van der Waals surface area contributed by atoms with Gasteiger partial charge in [0.05, 0.1) is 11.4 Å². The van der Waals surface area contributed by atoms with Crippen LogP contribution in [0.2, 0.25) is 5.02 Å². The smallest absolute Gasteiger partial charge is 0.246 e. The highest BCUT2D eigenvalue weighted by molar-refractivity contribution is 6.31. The summed E-state index contributed by atoms with van der Waals surface area (Å²) in [7, 11) is 3.76. The minimum Gasteiger partial charge on any atom is -0.376 e. The number of anilines is 2. The Kier molecular flexibility index (Phi) is 5.82. The van der Waals surface area contributed by atoms with Crippen LogP contribution in [0, 0.1) is 0 Å². The summed E-state index contributed by atoms with van der Waals surface area (Å²) < 4.78 is 0. The maximum absolute atomic E-state index is 12.2. The van der Waals surface area contributed by atoms with Crippen LogP contribution < -0.4 is 15.5 Å². The Morgan fingerprint density at radius 1 is 1.35 bits per heavy atom. The molecule has 0 aliphatic rings. The van der Waals surface area contributed by atoms with Crippen LogP contribution in [-0.4, -0.2) is 32.0 Å². The fourth-order valence-corrected chi connectivity index (χ4v) is 1.99. The van der Waals surface area contributed by atoms with Crippen molar-refractivity contribution < 1.29 is 9.59 Å². The Labute approximate surface area is 124 Å².